The van der Waals surface area contributed by atoms with Crippen molar-refractivity contribution in [2.24, 2.45) is 4.99 Å². The van der Waals surface area contributed by atoms with Crippen LogP contribution in [0.3, 0.4) is 0 Å². The summed E-state index contributed by atoms with van der Waals surface area (Å²) < 4.78 is 0. The van der Waals surface area contributed by atoms with Crippen LogP contribution in [0.1, 0.15) is 37.8 Å². The smallest absolute Gasteiger partial charge is 0.219 e. The first kappa shape index (κ1) is 19.7. The maximum Gasteiger partial charge on any atom is 0.219 e. The molecule has 1 amide bonds. The maximum absolute atomic E-state index is 11.5. The van der Waals surface area contributed by atoms with Crippen LogP contribution in [0, 0.1) is 0 Å². The van der Waals surface area contributed by atoms with Gasteiger partial charge in [0.05, 0.1) is 6.54 Å². The summed E-state index contributed by atoms with van der Waals surface area (Å²) in [6, 6.07) is 8.88. The Morgan fingerprint density at radius 1 is 0.963 bits per heavy atom. The summed E-state index contributed by atoms with van der Waals surface area (Å²) in [5, 5.41) is 3.39. The third kappa shape index (κ3) is 5.70. The van der Waals surface area contributed by atoms with Gasteiger partial charge in [-0.15, -0.1) is 0 Å². The van der Waals surface area contributed by atoms with Crippen LogP contribution in [0.15, 0.2) is 29.3 Å². The van der Waals surface area contributed by atoms with Gasteiger partial charge in [-0.1, -0.05) is 24.3 Å². The van der Waals surface area contributed by atoms with Gasteiger partial charge in [0.25, 0.3) is 0 Å². The van der Waals surface area contributed by atoms with Gasteiger partial charge in [-0.3, -0.25) is 9.69 Å². The maximum atomic E-state index is 11.5. The number of nitrogens with zero attached hydrogens (tertiary/aromatic N) is 4. The fourth-order valence-corrected chi connectivity index (χ4v) is 3.77. The van der Waals surface area contributed by atoms with E-state index < -0.39 is 0 Å². The van der Waals surface area contributed by atoms with E-state index in [1.165, 1.54) is 37.1 Å². The Morgan fingerprint density at radius 3 is 2.15 bits per heavy atom. The lowest BCUT2D eigenvalue weighted by Gasteiger charge is -2.36. The molecule has 1 aromatic carbocycles. The van der Waals surface area contributed by atoms with Gasteiger partial charge < -0.3 is 15.1 Å². The van der Waals surface area contributed by atoms with Gasteiger partial charge in [0, 0.05) is 46.2 Å². The zero-order chi connectivity index (χ0) is 19.1. The van der Waals surface area contributed by atoms with Crippen molar-refractivity contribution >= 4 is 11.9 Å². The third-order valence-electron chi connectivity index (χ3n) is 5.40. The quantitative estimate of drug-likeness (QED) is 0.635. The minimum Gasteiger partial charge on any atom is -0.357 e. The summed E-state index contributed by atoms with van der Waals surface area (Å²) in [5.74, 6) is 1.10. The zero-order valence-corrected chi connectivity index (χ0v) is 16.8. The molecule has 27 heavy (non-hydrogen) atoms. The van der Waals surface area contributed by atoms with Gasteiger partial charge in [-0.2, -0.15) is 0 Å². The highest BCUT2D eigenvalue weighted by Gasteiger charge is 2.20. The summed E-state index contributed by atoms with van der Waals surface area (Å²) in [6.45, 7) is 12.0. The summed E-state index contributed by atoms with van der Waals surface area (Å²) in [4.78, 5) is 23.0. The van der Waals surface area contributed by atoms with Crippen molar-refractivity contribution in [1.82, 2.24) is 20.0 Å². The average Bonchev–Trinajstić information content (AvgIpc) is 3.19. The Morgan fingerprint density at radius 2 is 1.56 bits per heavy atom. The lowest BCUT2D eigenvalue weighted by molar-refractivity contribution is -0.130. The van der Waals surface area contributed by atoms with Crippen LogP contribution in [-0.4, -0.2) is 72.4 Å². The number of amides is 1. The first-order chi connectivity index (χ1) is 13.2. The Labute approximate surface area is 163 Å². The molecule has 6 heteroatoms. The number of guanidine groups is 1. The van der Waals surface area contributed by atoms with Crippen molar-refractivity contribution in [2.75, 3.05) is 45.8 Å². The largest absolute Gasteiger partial charge is 0.357 e. The highest BCUT2D eigenvalue weighted by atomic mass is 16.2. The van der Waals surface area contributed by atoms with E-state index in [0.29, 0.717) is 6.54 Å². The number of hydrogen-bond acceptors (Lipinski definition) is 3. The van der Waals surface area contributed by atoms with Crippen molar-refractivity contribution in [1.29, 1.82) is 0 Å². The van der Waals surface area contributed by atoms with E-state index >= 15 is 0 Å². The highest BCUT2D eigenvalue weighted by Crippen LogP contribution is 2.14. The molecular formula is C21H33N5O. The number of carbonyl (C=O) groups excluding carboxylic acids is 1. The molecule has 0 radical (unpaired) electrons. The molecule has 2 aliphatic heterocycles. The van der Waals surface area contributed by atoms with E-state index in [2.05, 4.69) is 46.3 Å². The Kier molecular flexibility index (Phi) is 7.10. The standard InChI is InChI=1S/C21H33N5O/c1-3-22-21(26-14-12-25(13-15-26)18(2)27)23-16-19-6-8-20(9-7-19)17-24-10-4-5-11-24/h6-9H,3-5,10-17H2,1-2H3,(H,22,23). The molecule has 0 unspecified atom stereocenters. The first-order valence-electron chi connectivity index (χ1n) is 10.2. The molecule has 148 valence electrons. The monoisotopic (exact) mass is 371 g/mol. The summed E-state index contributed by atoms with van der Waals surface area (Å²) in [5.41, 5.74) is 2.62. The van der Waals surface area contributed by atoms with Crippen LogP contribution >= 0.6 is 0 Å². The van der Waals surface area contributed by atoms with Crippen LogP contribution in [0.4, 0.5) is 0 Å². The molecule has 2 saturated heterocycles. The van der Waals surface area contributed by atoms with E-state index in [-0.39, 0.29) is 5.91 Å². The van der Waals surface area contributed by atoms with Crippen LogP contribution < -0.4 is 5.32 Å². The molecule has 2 heterocycles. The Bertz CT molecular complexity index is 628. The number of hydrogen-bond donors (Lipinski definition) is 1. The first-order valence-corrected chi connectivity index (χ1v) is 10.2. The van der Waals surface area contributed by atoms with Gasteiger partial charge in [0.2, 0.25) is 5.91 Å². The number of nitrogens with one attached hydrogen (secondary N) is 1. The van der Waals surface area contributed by atoms with Crippen LogP contribution in [0.5, 0.6) is 0 Å². The Balaban J connectivity index is 1.55. The second-order valence-corrected chi connectivity index (χ2v) is 7.46. The lowest BCUT2D eigenvalue weighted by atomic mass is 10.1. The number of carbonyl (C=O) groups is 1. The third-order valence-corrected chi connectivity index (χ3v) is 5.40. The molecule has 0 atom stereocenters. The summed E-state index contributed by atoms with van der Waals surface area (Å²) >= 11 is 0. The normalized spacial score (nSPS) is 18.8. The average molecular weight is 372 g/mol. The fraction of sp³-hybridized carbons (Fsp3) is 0.619. The SMILES string of the molecule is CCNC(=NCc1ccc(CN2CCCC2)cc1)N1CCN(C(C)=O)CC1. The molecular weight excluding hydrogens is 338 g/mol. The van der Waals surface area contributed by atoms with Crippen LogP contribution in [-0.2, 0) is 17.9 Å². The zero-order valence-electron chi connectivity index (χ0n) is 16.8. The summed E-state index contributed by atoms with van der Waals surface area (Å²) in [7, 11) is 0. The molecule has 2 aliphatic rings. The molecule has 2 fully saturated rings. The lowest BCUT2D eigenvalue weighted by Crippen LogP contribution is -2.53. The molecule has 6 nitrogen and oxygen atoms in total. The van der Waals surface area contributed by atoms with E-state index in [1.54, 1.807) is 6.92 Å². The summed E-state index contributed by atoms with van der Waals surface area (Å²) in [6.07, 6.45) is 2.67. The molecule has 1 aromatic rings. The number of piperazine rings is 1. The van der Waals surface area contributed by atoms with E-state index in [4.69, 9.17) is 4.99 Å². The molecule has 0 spiro atoms. The Hall–Kier alpha value is -2.08. The molecule has 0 saturated carbocycles. The number of benzene rings is 1. The second-order valence-electron chi connectivity index (χ2n) is 7.46. The highest BCUT2D eigenvalue weighted by molar-refractivity contribution is 5.80. The van der Waals surface area contributed by atoms with Crippen LogP contribution in [0.2, 0.25) is 0 Å². The topological polar surface area (TPSA) is 51.2 Å². The van der Waals surface area contributed by atoms with Gasteiger partial charge in [0.1, 0.15) is 0 Å². The number of rotatable bonds is 5. The van der Waals surface area contributed by atoms with Gasteiger partial charge >= 0.3 is 0 Å². The molecule has 0 aromatic heterocycles. The van der Waals surface area contributed by atoms with Crippen molar-refractivity contribution < 1.29 is 4.79 Å². The van der Waals surface area contributed by atoms with Gasteiger partial charge in [0.15, 0.2) is 5.96 Å². The van der Waals surface area contributed by atoms with Crippen LogP contribution in [0.25, 0.3) is 0 Å². The molecule has 0 bridgehead atoms. The minimum absolute atomic E-state index is 0.158. The van der Waals surface area contributed by atoms with Crippen molar-refractivity contribution in [2.45, 2.75) is 39.8 Å². The van der Waals surface area contributed by atoms with E-state index in [9.17, 15) is 4.79 Å². The predicted molar refractivity (Wildman–Crippen MR) is 110 cm³/mol. The molecule has 1 N–H and O–H groups in total. The number of likely N-dealkylation sites (tertiary alicyclic amines) is 1. The van der Waals surface area contributed by atoms with Crippen molar-refractivity contribution in [3.63, 3.8) is 0 Å². The molecule has 0 aliphatic carbocycles. The number of aliphatic imine (C=N–C) groups is 1. The van der Waals surface area contributed by atoms with Gasteiger partial charge in [-0.05, 0) is 44.0 Å². The van der Waals surface area contributed by atoms with E-state index in [1.807, 2.05) is 4.90 Å². The predicted octanol–water partition coefficient (Wildman–Crippen LogP) is 1.91. The van der Waals surface area contributed by atoms with Crippen molar-refractivity contribution in [3.05, 3.63) is 35.4 Å². The van der Waals surface area contributed by atoms with Gasteiger partial charge in [-0.25, -0.2) is 4.99 Å². The minimum atomic E-state index is 0.158. The second kappa shape index (κ2) is 9.74. The fourth-order valence-electron chi connectivity index (χ4n) is 3.77. The molecule has 3 rings (SSSR count). The van der Waals surface area contributed by atoms with Crippen molar-refractivity contribution in [3.8, 4) is 0 Å². The van der Waals surface area contributed by atoms with E-state index in [0.717, 1.165) is 45.2 Å².